The Morgan fingerprint density at radius 2 is 2.00 bits per heavy atom. The molecule has 1 aromatic carbocycles. The van der Waals surface area contributed by atoms with Gasteiger partial charge in [-0.2, -0.15) is 17.0 Å². The van der Waals surface area contributed by atoms with E-state index in [2.05, 4.69) is 0 Å². The number of hydrogen-bond donors (Lipinski definition) is 0. The number of aryl methyl sites for hydroxylation is 1. The van der Waals surface area contributed by atoms with Crippen LogP contribution in [0.2, 0.25) is 0 Å². The fraction of sp³-hybridized carbons (Fsp3) is 0.611. The lowest BCUT2D eigenvalue weighted by Crippen LogP contribution is -2.53. The van der Waals surface area contributed by atoms with Gasteiger partial charge < -0.3 is 4.74 Å². The minimum atomic E-state index is -3.56. The SMILES string of the molecule is CCOC(=O)C1(Cc2ccccc2C)CCCN(S(=O)(=O)N(C)C)C1. The van der Waals surface area contributed by atoms with Gasteiger partial charge in [0, 0.05) is 27.2 Å². The van der Waals surface area contributed by atoms with Crippen LogP contribution in [0.4, 0.5) is 0 Å². The van der Waals surface area contributed by atoms with Gasteiger partial charge in [0.25, 0.3) is 10.2 Å². The summed E-state index contributed by atoms with van der Waals surface area (Å²) in [5.41, 5.74) is 1.31. The first-order chi connectivity index (χ1) is 11.7. The van der Waals surface area contributed by atoms with Crippen molar-refractivity contribution in [2.45, 2.75) is 33.1 Å². The maximum Gasteiger partial charge on any atom is 0.313 e. The van der Waals surface area contributed by atoms with Gasteiger partial charge in [-0.25, -0.2) is 0 Å². The van der Waals surface area contributed by atoms with Crippen LogP contribution >= 0.6 is 0 Å². The van der Waals surface area contributed by atoms with Gasteiger partial charge in [0.1, 0.15) is 0 Å². The third kappa shape index (κ3) is 4.22. The number of carbonyl (C=O) groups excluding carboxylic acids is 1. The molecule has 1 heterocycles. The van der Waals surface area contributed by atoms with Crippen molar-refractivity contribution in [3.8, 4) is 0 Å². The molecule has 1 aromatic rings. The predicted octanol–water partition coefficient (Wildman–Crippen LogP) is 1.99. The second-order valence-corrected chi connectivity index (χ2v) is 8.97. The van der Waals surface area contributed by atoms with Gasteiger partial charge >= 0.3 is 5.97 Å². The summed E-state index contributed by atoms with van der Waals surface area (Å²) in [6.45, 7) is 4.65. The van der Waals surface area contributed by atoms with E-state index < -0.39 is 15.6 Å². The quantitative estimate of drug-likeness (QED) is 0.720. The molecule has 7 heteroatoms. The molecule has 0 aliphatic carbocycles. The van der Waals surface area contributed by atoms with E-state index in [1.54, 1.807) is 6.92 Å². The third-order valence-electron chi connectivity index (χ3n) is 4.83. The van der Waals surface area contributed by atoms with E-state index in [4.69, 9.17) is 4.74 Å². The molecule has 25 heavy (non-hydrogen) atoms. The minimum absolute atomic E-state index is 0.153. The summed E-state index contributed by atoms with van der Waals surface area (Å²) < 4.78 is 33.1. The van der Waals surface area contributed by atoms with E-state index in [-0.39, 0.29) is 19.1 Å². The van der Waals surface area contributed by atoms with E-state index in [0.717, 1.165) is 11.1 Å². The molecule has 2 rings (SSSR count). The molecule has 140 valence electrons. The summed E-state index contributed by atoms with van der Waals surface area (Å²) >= 11 is 0. The number of nitrogens with zero attached hydrogens (tertiary/aromatic N) is 2. The fourth-order valence-corrected chi connectivity index (χ4v) is 4.59. The van der Waals surface area contributed by atoms with Gasteiger partial charge in [-0.1, -0.05) is 24.3 Å². The van der Waals surface area contributed by atoms with Crippen molar-refractivity contribution in [1.29, 1.82) is 0 Å². The Morgan fingerprint density at radius 1 is 1.32 bits per heavy atom. The Labute approximate surface area is 150 Å². The lowest BCUT2D eigenvalue weighted by atomic mass is 9.75. The van der Waals surface area contributed by atoms with Crippen molar-refractivity contribution in [3.05, 3.63) is 35.4 Å². The van der Waals surface area contributed by atoms with Crippen LogP contribution in [-0.4, -0.2) is 56.8 Å². The molecule has 1 saturated heterocycles. The van der Waals surface area contributed by atoms with E-state index in [9.17, 15) is 13.2 Å². The maximum absolute atomic E-state index is 12.8. The van der Waals surface area contributed by atoms with Gasteiger partial charge in [0.2, 0.25) is 0 Å². The molecular formula is C18H28N2O4S. The van der Waals surface area contributed by atoms with Crippen molar-refractivity contribution in [2.24, 2.45) is 5.41 Å². The molecule has 1 unspecified atom stereocenters. The van der Waals surface area contributed by atoms with Crippen molar-refractivity contribution in [2.75, 3.05) is 33.8 Å². The number of rotatable bonds is 6. The molecule has 1 aliphatic heterocycles. The second kappa shape index (κ2) is 7.85. The third-order valence-corrected chi connectivity index (χ3v) is 6.72. The topological polar surface area (TPSA) is 66.9 Å². The van der Waals surface area contributed by atoms with Crippen LogP contribution in [0, 0.1) is 12.3 Å². The van der Waals surface area contributed by atoms with Crippen molar-refractivity contribution in [1.82, 2.24) is 8.61 Å². The van der Waals surface area contributed by atoms with Crippen LogP contribution in [-0.2, 0) is 26.2 Å². The van der Waals surface area contributed by atoms with Gasteiger partial charge in [-0.3, -0.25) is 4.79 Å². The lowest BCUT2D eigenvalue weighted by molar-refractivity contribution is -0.158. The molecular weight excluding hydrogens is 340 g/mol. The minimum Gasteiger partial charge on any atom is -0.466 e. The normalized spacial score (nSPS) is 22.1. The number of esters is 1. The molecule has 1 atom stereocenters. The first kappa shape index (κ1) is 19.9. The zero-order valence-corrected chi connectivity index (χ0v) is 16.3. The Kier molecular flexibility index (Phi) is 6.24. The van der Waals surface area contributed by atoms with Crippen LogP contribution in [0.5, 0.6) is 0 Å². The van der Waals surface area contributed by atoms with Crippen molar-refractivity contribution in [3.63, 3.8) is 0 Å². The zero-order chi connectivity index (χ0) is 18.7. The zero-order valence-electron chi connectivity index (χ0n) is 15.5. The van der Waals surface area contributed by atoms with E-state index >= 15 is 0 Å². The van der Waals surface area contributed by atoms with Gasteiger partial charge in [-0.15, -0.1) is 0 Å². The number of hydrogen-bond acceptors (Lipinski definition) is 4. The summed E-state index contributed by atoms with van der Waals surface area (Å²) in [5.74, 6) is -0.308. The Hall–Kier alpha value is -1.44. The molecule has 0 saturated carbocycles. The Morgan fingerprint density at radius 3 is 2.60 bits per heavy atom. The standard InChI is InChI=1S/C18H28N2O4S/c1-5-24-17(21)18(13-16-10-7-6-9-15(16)2)11-8-12-20(14-18)25(22,23)19(3)4/h6-7,9-10H,5,8,11-14H2,1-4H3. The fourth-order valence-electron chi connectivity index (χ4n) is 3.36. The maximum atomic E-state index is 12.8. The highest BCUT2D eigenvalue weighted by molar-refractivity contribution is 7.86. The largest absolute Gasteiger partial charge is 0.466 e. The molecule has 0 aromatic heterocycles. The lowest BCUT2D eigenvalue weighted by Gasteiger charge is -2.41. The van der Waals surface area contributed by atoms with Crippen LogP contribution in [0.15, 0.2) is 24.3 Å². The Balaban J connectivity index is 2.39. The van der Waals surface area contributed by atoms with Gasteiger partial charge in [-0.05, 0) is 44.2 Å². The summed E-state index contributed by atoms with van der Waals surface area (Å²) in [4.78, 5) is 12.8. The second-order valence-electron chi connectivity index (χ2n) is 6.83. The Bertz CT molecular complexity index is 718. The predicted molar refractivity (Wildman–Crippen MR) is 97.4 cm³/mol. The number of ether oxygens (including phenoxy) is 1. The van der Waals surface area contributed by atoms with Gasteiger partial charge in [0.05, 0.1) is 12.0 Å². The first-order valence-corrected chi connectivity index (χ1v) is 10.0. The first-order valence-electron chi connectivity index (χ1n) is 8.62. The molecule has 0 N–H and O–H groups in total. The molecule has 1 fully saturated rings. The molecule has 0 bridgehead atoms. The smallest absolute Gasteiger partial charge is 0.313 e. The van der Waals surface area contributed by atoms with E-state index in [0.29, 0.717) is 25.8 Å². The summed E-state index contributed by atoms with van der Waals surface area (Å²) in [6, 6.07) is 7.90. The number of carbonyl (C=O) groups is 1. The average molecular weight is 368 g/mol. The highest BCUT2D eigenvalue weighted by atomic mass is 32.2. The van der Waals surface area contributed by atoms with E-state index in [1.807, 2.05) is 31.2 Å². The molecule has 1 aliphatic rings. The van der Waals surface area contributed by atoms with Crippen LogP contribution in [0.3, 0.4) is 0 Å². The summed E-state index contributed by atoms with van der Waals surface area (Å²) in [6.07, 6.45) is 1.75. The average Bonchev–Trinajstić information content (AvgIpc) is 2.57. The monoisotopic (exact) mass is 368 g/mol. The van der Waals surface area contributed by atoms with Crippen LogP contribution in [0.1, 0.15) is 30.9 Å². The van der Waals surface area contributed by atoms with Crippen molar-refractivity contribution >= 4 is 16.2 Å². The molecule has 0 spiro atoms. The molecule has 6 nitrogen and oxygen atoms in total. The van der Waals surface area contributed by atoms with Crippen molar-refractivity contribution < 1.29 is 17.9 Å². The van der Waals surface area contributed by atoms with E-state index in [1.165, 1.54) is 22.7 Å². The highest BCUT2D eigenvalue weighted by Crippen LogP contribution is 2.37. The highest BCUT2D eigenvalue weighted by Gasteiger charge is 2.46. The molecule has 0 amide bonds. The molecule has 0 radical (unpaired) electrons. The van der Waals surface area contributed by atoms with Crippen LogP contribution < -0.4 is 0 Å². The summed E-state index contributed by atoms with van der Waals surface area (Å²) in [5, 5.41) is 0. The summed E-state index contributed by atoms with van der Waals surface area (Å²) in [7, 11) is -0.540. The number of piperidine rings is 1. The van der Waals surface area contributed by atoms with Gasteiger partial charge in [0.15, 0.2) is 0 Å². The van der Waals surface area contributed by atoms with Crippen LogP contribution in [0.25, 0.3) is 0 Å². The number of benzene rings is 1.